The van der Waals surface area contributed by atoms with E-state index in [9.17, 15) is 0 Å². The monoisotopic (exact) mass is 163 g/mol. The molecule has 3 heteroatoms. The van der Waals surface area contributed by atoms with Crippen LogP contribution < -0.4 is 15.8 Å². The van der Waals surface area contributed by atoms with Gasteiger partial charge in [0.15, 0.2) is 0 Å². The molecule has 1 aliphatic rings. The van der Waals surface area contributed by atoms with E-state index in [1.165, 1.54) is 11.4 Å². The predicted molar refractivity (Wildman–Crippen MR) is 51.3 cm³/mol. The van der Waals surface area contributed by atoms with E-state index in [4.69, 9.17) is 0 Å². The van der Waals surface area contributed by atoms with E-state index in [-0.39, 0.29) is 0 Å². The number of hydrogen-bond acceptors (Lipinski definition) is 3. The van der Waals surface area contributed by atoms with Crippen molar-refractivity contribution in [1.82, 2.24) is 5.43 Å². The molecule has 1 aliphatic heterocycles. The van der Waals surface area contributed by atoms with Gasteiger partial charge in [0.2, 0.25) is 0 Å². The molecule has 0 radical (unpaired) electrons. The maximum atomic E-state index is 3.35. The van der Waals surface area contributed by atoms with Gasteiger partial charge in [-0.15, -0.1) is 0 Å². The summed E-state index contributed by atoms with van der Waals surface area (Å²) in [6.07, 6.45) is 0. The number of anilines is 2. The number of hydrazine groups is 1. The smallest absolute Gasteiger partial charge is 0.0751 e. The van der Waals surface area contributed by atoms with Crippen molar-refractivity contribution in [3.8, 4) is 0 Å². The molecule has 64 valence electrons. The Morgan fingerprint density at radius 3 is 3.08 bits per heavy atom. The van der Waals surface area contributed by atoms with Crippen molar-refractivity contribution < 1.29 is 0 Å². The normalized spacial score (nSPS) is 15.2. The molecule has 1 heterocycles. The molecule has 1 aromatic rings. The summed E-state index contributed by atoms with van der Waals surface area (Å²) in [4.78, 5) is 0. The average molecular weight is 163 g/mol. The Bertz CT molecular complexity index is 272. The highest BCUT2D eigenvalue weighted by atomic mass is 15.5. The van der Waals surface area contributed by atoms with Gasteiger partial charge in [-0.2, -0.15) is 0 Å². The lowest BCUT2D eigenvalue weighted by molar-refractivity contribution is 0.699. The Labute approximate surface area is 72.4 Å². The zero-order chi connectivity index (χ0) is 8.39. The third-order valence-corrected chi connectivity index (χ3v) is 2.12. The second-order valence-electron chi connectivity index (χ2n) is 2.82. The number of nitrogens with zero attached hydrogens (tertiary/aromatic N) is 1. The molecular weight excluding hydrogens is 150 g/mol. The summed E-state index contributed by atoms with van der Waals surface area (Å²) in [5.41, 5.74) is 5.59. The van der Waals surface area contributed by atoms with Crippen LogP contribution in [0.2, 0.25) is 0 Å². The number of para-hydroxylation sites is 2. The van der Waals surface area contributed by atoms with Crippen LogP contribution in [0.15, 0.2) is 24.3 Å². The van der Waals surface area contributed by atoms with E-state index in [0.29, 0.717) is 0 Å². The van der Waals surface area contributed by atoms with Crippen molar-refractivity contribution >= 4 is 11.4 Å². The minimum atomic E-state index is 0.998. The molecule has 0 saturated carbocycles. The largest absolute Gasteiger partial charge is 0.381 e. The third kappa shape index (κ3) is 1.12. The number of rotatable bonds is 1. The Morgan fingerprint density at radius 1 is 1.42 bits per heavy atom. The van der Waals surface area contributed by atoms with Gasteiger partial charge < -0.3 is 10.3 Å². The molecule has 3 nitrogen and oxygen atoms in total. The summed E-state index contributed by atoms with van der Waals surface area (Å²) >= 11 is 0. The molecule has 0 aromatic heterocycles. The highest BCUT2D eigenvalue weighted by molar-refractivity contribution is 5.71. The van der Waals surface area contributed by atoms with Crippen molar-refractivity contribution in [1.29, 1.82) is 0 Å². The van der Waals surface area contributed by atoms with Crippen LogP contribution in [-0.4, -0.2) is 20.1 Å². The first-order valence-electron chi connectivity index (χ1n) is 4.19. The molecule has 0 saturated heterocycles. The van der Waals surface area contributed by atoms with E-state index in [0.717, 1.165) is 13.1 Å². The summed E-state index contributed by atoms with van der Waals surface area (Å²) in [7, 11) is 1.95. The molecule has 0 aliphatic carbocycles. The molecule has 2 rings (SSSR count). The quantitative estimate of drug-likeness (QED) is 0.648. The van der Waals surface area contributed by atoms with E-state index in [2.05, 4.69) is 34.0 Å². The molecule has 12 heavy (non-hydrogen) atoms. The van der Waals surface area contributed by atoms with Gasteiger partial charge in [-0.3, -0.25) is 0 Å². The first kappa shape index (κ1) is 7.43. The molecule has 0 unspecified atom stereocenters. The Hall–Kier alpha value is -1.22. The summed E-state index contributed by atoms with van der Waals surface area (Å²) in [5.74, 6) is 0. The maximum Gasteiger partial charge on any atom is 0.0751 e. The second-order valence-corrected chi connectivity index (χ2v) is 2.82. The zero-order valence-electron chi connectivity index (χ0n) is 7.17. The average Bonchev–Trinajstić information content (AvgIpc) is 2.17. The molecule has 1 aromatic carbocycles. The van der Waals surface area contributed by atoms with Gasteiger partial charge >= 0.3 is 0 Å². The molecular formula is C9H13N3. The third-order valence-electron chi connectivity index (χ3n) is 2.12. The number of hydrogen-bond donors (Lipinski definition) is 2. The highest BCUT2D eigenvalue weighted by Gasteiger charge is 2.12. The van der Waals surface area contributed by atoms with Crippen LogP contribution in [-0.2, 0) is 0 Å². The fraction of sp³-hybridized carbons (Fsp3) is 0.333. The Kier molecular flexibility index (Phi) is 1.87. The van der Waals surface area contributed by atoms with Crippen molar-refractivity contribution in [3.05, 3.63) is 24.3 Å². The molecule has 0 bridgehead atoms. The van der Waals surface area contributed by atoms with Crippen LogP contribution in [0.1, 0.15) is 0 Å². The van der Waals surface area contributed by atoms with Crippen LogP contribution in [0, 0.1) is 0 Å². The van der Waals surface area contributed by atoms with Crippen molar-refractivity contribution in [2.45, 2.75) is 0 Å². The van der Waals surface area contributed by atoms with Crippen molar-refractivity contribution in [2.24, 2.45) is 0 Å². The minimum Gasteiger partial charge on any atom is -0.381 e. The minimum absolute atomic E-state index is 0.998. The van der Waals surface area contributed by atoms with Crippen LogP contribution >= 0.6 is 0 Å². The van der Waals surface area contributed by atoms with E-state index in [1.807, 2.05) is 13.1 Å². The lowest BCUT2D eigenvalue weighted by Gasteiger charge is -2.30. The molecule has 0 spiro atoms. The number of benzene rings is 1. The first-order valence-corrected chi connectivity index (χ1v) is 4.19. The topological polar surface area (TPSA) is 27.3 Å². The van der Waals surface area contributed by atoms with Crippen molar-refractivity contribution in [3.63, 3.8) is 0 Å². The summed E-state index contributed by atoms with van der Waals surface area (Å²) in [5, 5.41) is 5.49. The van der Waals surface area contributed by atoms with Gasteiger partial charge in [0, 0.05) is 13.6 Å². The summed E-state index contributed by atoms with van der Waals surface area (Å²) < 4.78 is 0. The van der Waals surface area contributed by atoms with Crippen LogP contribution in [0.25, 0.3) is 0 Å². The van der Waals surface area contributed by atoms with Gasteiger partial charge in [0.25, 0.3) is 0 Å². The molecule has 0 fully saturated rings. The van der Waals surface area contributed by atoms with Gasteiger partial charge in [0.1, 0.15) is 0 Å². The van der Waals surface area contributed by atoms with E-state index in [1.54, 1.807) is 0 Å². The summed E-state index contributed by atoms with van der Waals surface area (Å²) in [6.45, 7) is 2.01. The van der Waals surface area contributed by atoms with Crippen LogP contribution in [0.3, 0.4) is 0 Å². The standard InChI is InChI=1S/C9H13N3/c1-10-12-7-6-11-8-4-2-3-5-9(8)12/h2-5,10-11H,6-7H2,1H3. The Morgan fingerprint density at radius 2 is 2.25 bits per heavy atom. The maximum absolute atomic E-state index is 3.35. The van der Waals surface area contributed by atoms with Gasteiger partial charge in [-0.1, -0.05) is 12.1 Å². The van der Waals surface area contributed by atoms with E-state index >= 15 is 0 Å². The predicted octanol–water partition coefficient (Wildman–Crippen LogP) is 1.05. The van der Waals surface area contributed by atoms with Crippen LogP contribution in [0.5, 0.6) is 0 Å². The highest BCUT2D eigenvalue weighted by Crippen LogP contribution is 2.26. The first-order chi connectivity index (χ1) is 5.92. The SMILES string of the molecule is CNN1CCNc2ccccc21. The number of fused-ring (bicyclic) bond motifs is 1. The Balaban J connectivity index is 2.37. The van der Waals surface area contributed by atoms with Gasteiger partial charge in [-0.05, 0) is 12.1 Å². The zero-order valence-corrected chi connectivity index (χ0v) is 7.17. The lowest BCUT2D eigenvalue weighted by atomic mass is 10.2. The molecule has 0 atom stereocenters. The molecule has 2 N–H and O–H groups in total. The number of nitrogens with one attached hydrogen (secondary N) is 2. The van der Waals surface area contributed by atoms with E-state index < -0.39 is 0 Å². The van der Waals surface area contributed by atoms with Crippen molar-refractivity contribution in [2.75, 3.05) is 30.5 Å². The second kappa shape index (κ2) is 3.03. The summed E-state index contributed by atoms with van der Waals surface area (Å²) in [6, 6.07) is 8.30. The lowest BCUT2D eigenvalue weighted by Crippen LogP contribution is -2.41. The fourth-order valence-corrected chi connectivity index (χ4v) is 1.51. The van der Waals surface area contributed by atoms with Gasteiger partial charge in [-0.25, -0.2) is 5.43 Å². The molecule has 0 amide bonds. The van der Waals surface area contributed by atoms with Crippen LogP contribution in [0.4, 0.5) is 11.4 Å². The van der Waals surface area contributed by atoms with Gasteiger partial charge in [0.05, 0.1) is 17.9 Å². The fourth-order valence-electron chi connectivity index (χ4n) is 1.51.